The van der Waals surface area contributed by atoms with Gasteiger partial charge in [-0.3, -0.25) is 4.99 Å². The molecule has 48 valence electrons. The van der Waals surface area contributed by atoms with Gasteiger partial charge in [-0.15, -0.1) is 0 Å². The lowest BCUT2D eigenvalue weighted by atomic mass is 10.1. The molecule has 0 bridgehead atoms. The van der Waals surface area contributed by atoms with Crippen LogP contribution in [0.2, 0.25) is 0 Å². The molecule has 9 heavy (non-hydrogen) atoms. The van der Waals surface area contributed by atoms with Crippen molar-refractivity contribution >= 4 is 5.71 Å². The van der Waals surface area contributed by atoms with Crippen LogP contribution in [0.1, 0.15) is 20.3 Å². The van der Waals surface area contributed by atoms with Crippen LogP contribution >= 0.6 is 0 Å². The van der Waals surface area contributed by atoms with Crippen molar-refractivity contribution in [2.45, 2.75) is 20.3 Å². The third-order valence-corrected chi connectivity index (χ3v) is 2.38. The molecule has 1 saturated carbocycles. The Hall–Kier alpha value is -0.590. The second-order valence-corrected chi connectivity index (χ2v) is 3.09. The summed E-state index contributed by atoms with van der Waals surface area (Å²) < 4.78 is 0. The third-order valence-electron chi connectivity index (χ3n) is 2.38. The van der Waals surface area contributed by atoms with Crippen molar-refractivity contribution < 1.29 is 0 Å². The molecule has 2 rings (SSSR count). The molecule has 1 heterocycles. The highest BCUT2D eigenvalue weighted by molar-refractivity contribution is 5.89. The van der Waals surface area contributed by atoms with Crippen LogP contribution in [-0.4, -0.2) is 5.71 Å². The smallest absolute Gasteiger partial charge is 0.0259 e. The van der Waals surface area contributed by atoms with Gasteiger partial charge in [0.1, 0.15) is 0 Å². The Bertz CT molecular complexity index is 179. The van der Waals surface area contributed by atoms with Gasteiger partial charge in [-0.05, 0) is 26.2 Å². The Morgan fingerprint density at radius 3 is 2.89 bits per heavy atom. The molecule has 0 aromatic heterocycles. The van der Waals surface area contributed by atoms with Crippen molar-refractivity contribution in [2.75, 3.05) is 0 Å². The molecule has 0 saturated heterocycles. The van der Waals surface area contributed by atoms with E-state index in [4.69, 9.17) is 0 Å². The molecule has 1 heteroatoms. The van der Waals surface area contributed by atoms with Crippen LogP contribution in [0, 0.1) is 11.8 Å². The summed E-state index contributed by atoms with van der Waals surface area (Å²) in [6, 6.07) is 0. The number of hydrogen-bond donors (Lipinski definition) is 0. The molecule has 1 aliphatic carbocycles. The second-order valence-electron chi connectivity index (χ2n) is 3.09. The molecule has 0 N–H and O–H groups in total. The molecule has 2 aliphatic rings. The summed E-state index contributed by atoms with van der Waals surface area (Å²) in [4.78, 5) is 4.29. The van der Waals surface area contributed by atoms with Crippen molar-refractivity contribution in [2.24, 2.45) is 16.8 Å². The van der Waals surface area contributed by atoms with Gasteiger partial charge >= 0.3 is 0 Å². The van der Waals surface area contributed by atoms with Gasteiger partial charge in [0.15, 0.2) is 0 Å². The van der Waals surface area contributed by atoms with Crippen molar-refractivity contribution in [3.05, 3.63) is 11.8 Å². The summed E-state index contributed by atoms with van der Waals surface area (Å²) >= 11 is 0. The largest absolute Gasteiger partial charge is 0.266 e. The van der Waals surface area contributed by atoms with E-state index >= 15 is 0 Å². The minimum absolute atomic E-state index is 0.829. The van der Waals surface area contributed by atoms with E-state index in [0.717, 1.165) is 11.8 Å². The Morgan fingerprint density at radius 2 is 2.22 bits per heavy atom. The topological polar surface area (TPSA) is 12.4 Å². The SMILES string of the molecule is CC1=CN=C(C)C2CC12. The maximum atomic E-state index is 4.29. The van der Waals surface area contributed by atoms with E-state index in [1.807, 2.05) is 6.20 Å². The molecule has 1 fully saturated rings. The fourth-order valence-electron chi connectivity index (χ4n) is 1.56. The van der Waals surface area contributed by atoms with Crippen LogP contribution in [0.25, 0.3) is 0 Å². The highest BCUT2D eigenvalue weighted by atomic mass is 14.8. The molecule has 0 aromatic carbocycles. The van der Waals surface area contributed by atoms with E-state index in [0.29, 0.717) is 0 Å². The molecule has 0 radical (unpaired) electrons. The Morgan fingerprint density at radius 1 is 1.44 bits per heavy atom. The Kier molecular flexibility index (Phi) is 0.850. The first-order valence-corrected chi connectivity index (χ1v) is 3.50. The lowest BCUT2D eigenvalue weighted by Crippen LogP contribution is -2.00. The van der Waals surface area contributed by atoms with Crippen molar-refractivity contribution in [3.8, 4) is 0 Å². The van der Waals surface area contributed by atoms with E-state index in [1.54, 1.807) is 0 Å². The van der Waals surface area contributed by atoms with E-state index in [1.165, 1.54) is 17.7 Å². The van der Waals surface area contributed by atoms with E-state index < -0.39 is 0 Å². The van der Waals surface area contributed by atoms with Crippen LogP contribution in [0.3, 0.4) is 0 Å². The highest BCUT2D eigenvalue weighted by Gasteiger charge is 2.41. The monoisotopic (exact) mass is 121 g/mol. The fraction of sp³-hybridized carbons (Fsp3) is 0.625. The second kappa shape index (κ2) is 1.47. The summed E-state index contributed by atoms with van der Waals surface area (Å²) in [7, 11) is 0. The molecule has 0 aromatic rings. The van der Waals surface area contributed by atoms with Crippen LogP contribution in [0.15, 0.2) is 16.8 Å². The van der Waals surface area contributed by atoms with Gasteiger partial charge in [0, 0.05) is 17.8 Å². The Labute approximate surface area is 55.5 Å². The number of allylic oxidation sites excluding steroid dienone is 1. The van der Waals surface area contributed by atoms with Crippen LogP contribution in [-0.2, 0) is 0 Å². The maximum Gasteiger partial charge on any atom is 0.0259 e. The third kappa shape index (κ3) is 0.640. The zero-order chi connectivity index (χ0) is 6.43. The normalized spacial score (nSPS) is 38.9. The summed E-state index contributed by atoms with van der Waals surface area (Å²) in [6.45, 7) is 4.31. The minimum Gasteiger partial charge on any atom is -0.266 e. The van der Waals surface area contributed by atoms with Gasteiger partial charge in [0.25, 0.3) is 0 Å². The van der Waals surface area contributed by atoms with Crippen LogP contribution < -0.4 is 0 Å². The lowest BCUT2D eigenvalue weighted by molar-refractivity contribution is 0.919. The van der Waals surface area contributed by atoms with Gasteiger partial charge < -0.3 is 0 Å². The number of fused-ring (bicyclic) bond motifs is 1. The summed E-state index contributed by atoms with van der Waals surface area (Å²) in [5.41, 5.74) is 2.82. The number of aliphatic imine (C=N–C) groups is 1. The Balaban J connectivity index is 2.33. The molecular weight excluding hydrogens is 110 g/mol. The van der Waals surface area contributed by atoms with Gasteiger partial charge in [0.2, 0.25) is 0 Å². The first-order valence-electron chi connectivity index (χ1n) is 3.50. The standard InChI is InChI=1S/C8H11N/c1-5-4-9-6(2)8-3-7(5)8/h4,7-8H,3H2,1-2H3. The number of rotatable bonds is 0. The number of nitrogens with zero attached hydrogens (tertiary/aromatic N) is 1. The molecule has 2 atom stereocenters. The first kappa shape index (κ1) is 5.21. The van der Waals surface area contributed by atoms with Gasteiger partial charge in [-0.1, -0.05) is 5.57 Å². The lowest BCUT2D eigenvalue weighted by Gasteiger charge is -2.03. The maximum absolute atomic E-state index is 4.29. The molecule has 2 unspecified atom stereocenters. The van der Waals surface area contributed by atoms with E-state index in [2.05, 4.69) is 18.8 Å². The molecule has 0 amide bonds. The highest BCUT2D eigenvalue weighted by Crippen LogP contribution is 2.46. The molecule has 1 nitrogen and oxygen atoms in total. The zero-order valence-electron chi connectivity index (χ0n) is 5.89. The van der Waals surface area contributed by atoms with Gasteiger partial charge in [-0.2, -0.15) is 0 Å². The summed E-state index contributed by atoms with van der Waals surface area (Å²) in [5, 5.41) is 0. The van der Waals surface area contributed by atoms with Gasteiger partial charge in [0.05, 0.1) is 0 Å². The average molecular weight is 121 g/mol. The van der Waals surface area contributed by atoms with E-state index in [-0.39, 0.29) is 0 Å². The molecular formula is C8H11N. The van der Waals surface area contributed by atoms with Crippen molar-refractivity contribution in [1.82, 2.24) is 0 Å². The molecule has 0 spiro atoms. The van der Waals surface area contributed by atoms with Gasteiger partial charge in [-0.25, -0.2) is 0 Å². The van der Waals surface area contributed by atoms with Crippen LogP contribution in [0.5, 0.6) is 0 Å². The van der Waals surface area contributed by atoms with E-state index in [9.17, 15) is 0 Å². The van der Waals surface area contributed by atoms with Crippen molar-refractivity contribution in [1.29, 1.82) is 0 Å². The zero-order valence-corrected chi connectivity index (χ0v) is 5.89. The van der Waals surface area contributed by atoms with Crippen molar-refractivity contribution in [3.63, 3.8) is 0 Å². The van der Waals surface area contributed by atoms with Crippen LogP contribution in [0.4, 0.5) is 0 Å². The summed E-state index contributed by atoms with van der Waals surface area (Å²) in [6.07, 6.45) is 3.38. The summed E-state index contributed by atoms with van der Waals surface area (Å²) in [5.74, 6) is 1.71. The first-order chi connectivity index (χ1) is 4.29. The predicted molar refractivity (Wildman–Crippen MR) is 38.5 cm³/mol. The average Bonchev–Trinajstić information content (AvgIpc) is 2.57. The quantitative estimate of drug-likeness (QED) is 0.465. The predicted octanol–water partition coefficient (Wildman–Crippen LogP) is 2.00. The molecule has 1 aliphatic heterocycles. The fourth-order valence-corrected chi connectivity index (χ4v) is 1.56. The minimum atomic E-state index is 0.829. The number of hydrogen-bond acceptors (Lipinski definition) is 1.